The Morgan fingerprint density at radius 2 is 1.86 bits per heavy atom. The van der Waals surface area contributed by atoms with Gasteiger partial charge in [0.15, 0.2) is 0 Å². The molecule has 0 saturated carbocycles. The summed E-state index contributed by atoms with van der Waals surface area (Å²) in [6.07, 6.45) is 0.898. The summed E-state index contributed by atoms with van der Waals surface area (Å²) in [5.41, 5.74) is 3.89. The van der Waals surface area contributed by atoms with E-state index in [1.807, 2.05) is 10.8 Å². The highest BCUT2D eigenvalue weighted by Gasteiger charge is 2.35. The zero-order valence-electron chi connectivity index (χ0n) is 18.3. The summed E-state index contributed by atoms with van der Waals surface area (Å²) in [6, 6.07) is 9.91. The molecule has 2 aliphatic heterocycles. The molecule has 9 nitrogen and oxygen atoms in total. The molecule has 1 aromatic heterocycles. The maximum atomic E-state index is 13.1. The third-order valence-electron chi connectivity index (χ3n) is 5.84. The maximum absolute atomic E-state index is 13.1. The van der Waals surface area contributed by atoms with Crippen molar-refractivity contribution >= 4 is 67.9 Å². The molecule has 0 atom stereocenters. The third kappa shape index (κ3) is 4.26. The Labute approximate surface area is 210 Å². The molecule has 2 aliphatic rings. The van der Waals surface area contributed by atoms with Crippen LogP contribution in [-0.2, 0) is 27.7 Å². The molecule has 0 aliphatic carbocycles. The Kier molecular flexibility index (Phi) is 5.78. The van der Waals surface area contributed by atoms with Gasteiger partial charge in [-0.1, -0.05) is 11.6 Å². The lowest BCUT2D eigenvalue weighted by Gasteiger charge is -2.28. The molecule has 3 N–H and O–H groups in total. The van der Waals surface area contributed by atoms with Gasteiger partial charge in [0, 0.05) is 28.4 Å². The third-order valence-corrected chi connectivity index (χ3v) is 9.20. The monoisotopic (exact) mass is 530 g/mol. The van der Waals surface area contributed by atoms with Crippen molar-refractivity contribution in [3.8, 4) is 0 Å². The van der Waals surface area contributed by atoms with E-state index < -0.39 is 22.0 Å². The van der Waals surface area contributed by atoms with Gasteiger partial charge in [0.05, 0.1) is 17.1 Å². The van der Waals surface area contributed by atoms with Gasteiger partial charge in [-0.05, 0) is 66.9 Å². The predicted octanol–water partition coefficient (Wildman–Crippen LogP) is 3.92. The van der Waals surface area contributed by atoms with Crippen LogP contribution in [0.25, 0.3) is 0 Å². The number of amides is 4. The van der Waals surface area contributed by atoms with Crippen LogP contribution >= 0.6 is 22.9 Å². The standard InChI is InChI=1S/C23H19ClN4O5S2/c1-12-18(24)11-21(34-12)35(32,33)27-23(31)26-13-2-4-14(5-3-13)28-20(29)10-17-15-8-9-25-19(15)7-6-16(17)22(28)30/h2-7,11,25H,8-10H2,1H3,(H2,26,27,31). The van der Waals surface area contributed by atoms with Crippen LogP contribution in [0.15, 0.2) is 46.7 Å². The lowest BCUT2D eigenvalue weighted by Crippen LogP contribution is -2.42. The van der Waals surface area contributed by atoms with E-state index in [0.717, 1.165) is 46.0 Å². The minimum atomic E-state index is -4.08. The highest BCUT2D eigenvalue weighted by Crippen LogP contribution is 2.34. The zero-order chi connectivity index (χ0) is 24.9. The Morgan fingerprint density at radius 3 is 2.54 bits per heavy atom. The highest BCUT2D eigenvalue weighted by molar-refractivity contribution is 7.92. The van der Waals surface area contributed by atoms with Gasteiger partial charge in [0.25, 0.3) is 15.9 Å². The van der Waals surface area contributed by atoms with Crippen LogP contribution in [-0.4, -0.2) is 32.8 Å². The van der Waals surface area contributed by atoms with Crippen LogP contribution in [0.5, 0.6) is 0 Å². The van der Waals surface area contributed by atoms with Gasteiger partial charge >= 0.3 is 6.03 Å². The molecule has 3 heterocycles. The van der Waals surface area contributed by atoms with E-state index in [2.05, 4.69) is 10.6 Å². The summed E-state index contributed by atoms with van der Waals surface area (Å²) in [7, 11) is -4.08. The number of fused-ring (bicyclic) bond motifs is 3. The predicted molar refractivity (Wildman–Crippen MR) is 134 cm³/mol. The lowest BCUT2D eigenvalue weighted by molar-refractivity contribution is -0.117. The zero-order valence-corrected chi connectivity index (χ0v) is 20.7. The normalized spacial score (nSPS) is 14.9. The average Bonchev–Trinajstić information content (AvgIpc) is 3.41. The second-order valence-corrected chi connectivity index (χ2v) is 11.7. The fourth-order valence-corrected chi connectivity index (χ4v) is 6.78. The largest absolute Gasteiger partial charge is 0.384 e. The number of sulfonamides is 1. The second-order valence-electron chi connectivity index (χ2n) is 8.08. The van der Waals surface area contributed by atoms with Crippen molar-refractivity contribution in [3.05, 3.63) is 69.1 Å². The minimum absolute atomic E-state index is 0.0747. The number of thiophene rings is 1. The van der Waals surface area contributed by atoms with Gasteiger partial charge in [-0.3, -0.25) is 9.59 Å². The van der Waals surface area contributed by atoms with Gasteiger partial charge in [0.1, 0.15) is 4.21 Å². The molecule has 35 heavy (non-hydrogen) atoms. The summed E-state index contributed by atoms with van der Waals surface area (Å²) < 4.78 is 26.7. The number of carbonyl (C=O) groups excluding carboxylic acids is 3. The van der Waals surface area contributed by atoms with Crippen molar-refractivity contribution in [3.63, 3.8) is 0 Å². The van der Waals surface area contributed by atoms with Gasteiger partial charge in [-0.15, -0.1) is 11.3 Å². The molecular weight excluding hydrogens is 512 g/mol. The van der Waals surface area contributed by atoms with Crippen LogP contribution in [0.1, 0.15) is 26.4 Å². The molecule has 0 radical (unpaired) electrons. The molecule has 3 aromatic rings. The quantitative estimate of drug-likeness (QED) is 0.439. The number of carbonyl (C=O) groups is 3. The SMILES string of the molecule is Cc1sc(S(=O)(=O)NC(=O)Nc2ccc(N3C(=O)Cc4c(ccc5c4CCN5)C3=O)cc2)cc1Cl. The molecule has 0 unspecified atom stereocenters. The molecule has 0 spiro atoms. The Balaban J connectivity index is 1.30. The number of hydrogen-bond acceptors (Lipinski definition) is 7. The number of rotatable bonds is 4. The first-order valence-electron chi connectivity index (χ1n) is 10.6. The summed E-state index contributed by atoms with van der Waals surface area (Å²) in [5, 5.41) is 5.99. The van der Waals surface area contributed by atoms with E-state index in [4.69, 9.17) is 11.6 Å². The molecule has 180 valence electrons. The van der Waals surface area contributed by atoms with Crippen LogP contribution in [0.3, 0.4) is 0 Å². The highest BCUT2D eigenvalue weighted by atomic mass is 35.5. The van der Waals surface area contributed by atoms with Crippen molar-refractivity contribution in [1.82, 2.24) is 4.72 Å². The molecule has 0 saturated heterocycles. The smallest absolute Gasteiger partial charge is 0.333 e. The molecule has 0 bridgehead atoms. The van der Waals surface area contributed by atoms with E-state index >= 15 is 0 Å². The van der Waals surface area contributed by atoms with Crippen LogP contribution in [0.4, 0.5) is 21.9 Å². The van der Waals surface area contributed by atoms with Crippen LogP contribution in [0, 0.1) is 6.92 Å². The first-order valence-corrected chi connectivity index (χ1v) is 13.3. The van der Waals surface area contributed by atoms with Gasteiger partial charge in [0.2, 0.25) is 5.91 Å². The topological polar surface area (TPSA) is 125 Å². The van der Waals surface area contributed by atoms with Crippen molar-refractivity contribution in [1.29, 1.82) is 0 Å². The number of urea groups is 1. The maximum Gasteiger partial charge on any atom is 0.333 e. The van der Waals surface area contributed by atoms with Crippen molar-refractivity contribution in [2.24, 2.45) is 0 Å². The first kappa shape index (κ1) is 23.3. The summed E-state index contributed by atoms with van der Waals surface area (Å²) in [6.45, 7) is 2.45. The Hall–Kier alpha value is -3.41. The van der Waals surface area contributed by atoms with E-state index in [-0.39, 0.29) is 22.2 Å². The van der Waals surface area contributed by atoms with Gasteiger partial charge in [-0.25, -0.2) is 22.8 Å². The Morgan fingerprint density at radius 1 is 1.11 bits per heavy atom. The van der Waals surface area contributed by atoms with Crippen LogP contribution < -0.4 is 20.3 Å². The molecule has 0 fully saturated rings. The number of imide groups is 1. The number of hydrogen-bond donors (Lipinski definition) is 3. The lowest BCUT2D eigenvalue weighted by atomic mass is 9.91. The minimum Gasteiger partial charge on any atom is -0.384 e. The summed E-state index contributed by atoms with van der Waals surface area (Å²) >= 11 is 6.87. The second kappa shape index (κ2) is 8.67. The van der Waals surface area contributed by atoms with Crippen molar-refractivity contribution in [2.45, 2.75) is 24.0 Å². The molecule has 2 aromatic carbocycles. The fraction of sp³-hybridized carbons (Fsp3) is 0.174. The first-order chi connectivity index (χ1) is 16.6. The molecule has 12 heteroatoms. The molecule has 4 amide bonds. The number of nitrogens with one attached hydrogen (secondary N) is 3. The van der Waals surface area contributed by atoms with E-state index in [1.54, 1.807) is 13.0 Å². The number of benzene rings is 2. The van der Waals surface area contributed by atoms with E-state index in [1.165, 1.54) is 30.3 Å². The number of anilines is 3. The van der Waals surface area contributed by atoms with Crippen molar-refractivity contribution < 1.29 is 22.8 Å². The van der Waals surface area contributed by atoms with E-state index in [9.17, 15) is 22.8 Å². The molecule has 5 rings (SSSR count). The molecular formula is C23H19ClN4O5S2. The number of aryl methyl sites for hydroxylation is 1. The van der Waals surface area contributed by atoms with Gasteiger partial charge in [-0.2, -0.15) is 0 Å². The van der Waals surface area contributed by atoms with Crippen molar-refractivity contribution in [2.75, 3.05) is 22.1 Å². The van der Waals surface area contributed by atoms with Crippen LogP contribution in [0.2, 0.25) is 5.02 Å². The number of halogens is 1. The number of nitrogens with zero attached hydrogens (tertiary/aromatic N) is 1. The Bertz CT molecular complexity index is 1480. The fourth-order valence-electron chi connectivity index (χ4n) is 4.18. The van der Waals surface area contributed by atoms with Gasteiger partial charge < -0.3 is 10.6 Å². The average molecular weight is 531 g/mol. The van der Waals surface area contributed by atoms with E-state index in [0.29, 0.717) is 21.2 Å². The summed E-state index contributed by atoms with van der Waals surface area (Å²) in [5.74, 6) is -0.738. The summed E-state index contributed by atoms with van der Waals surface area (Å²) in [4.78, 5) is 40.0.